The number of allylic oxidation sites excluding steroid dienone is 1. The number of benzene rings is 2. The minimum atomic E-state index is -6.63. The number of hydrogen-bond acceptors (Lipinski definition) is 0. The Kier molecular flexibility index (Phi) is 8.48. The van der Waals surface area contributed by atoms with Crippen LogP contribution >= 0.6 is 24.8 Å². The Labute approximate surface area is 204 Å². The van der Waals surface area contributed by atoms with Crippen LogP contribution in [0.4, 0.5) is 39.5 Å². The van der Waals surface area contributed by atoms with Gasteiger partial charge in [-0.2, -0.15) is 0 Å². The number of fused-ring (bicyclic) bond motifs is 1. The minimum Gasteiger partial charge on any atom is -0.147 e. The molecule has 0 amide bonds. The Morgan fingerprint density at radius 3 is 1.62 bits per heavy atom. The van der Waals surface area contributed by atoms with Gasteiger partial charge < -0.3 is 0 Å². The van der Waals surface area contributed by atoms with Crippen molar-refractivity contribution in [3.8, 4) is 11.1 Å². The molecule has 0 bridgehead atoms. The summed E-state index contributed by atoms with van der Waals surface area (Å²) in [6.07, 6.45) is -18.0. The van der Waals surface area contributed by atoms with Gasteiger partial charge in [0, 0.05) is 0 Å². The molecule has 0 N–H and O–H groups in total. The predicted octanol–water partition coefficient (Wildman–Crippen LogP) is 8.13. The zero-order valence-electron chi connectivity index (χ0n) is 15.9. The van der Waals surface area contributed by atoms with E-state index in [0.29, 0.717) is 5.56 Å². The summed E-state index contributed by atoms with van der Waals surface area (Å²) in [6.45, 7) is 1.90. The van der Waals surface area contributed by atoms with Crippen molar-refractivity contribution in [3.05, 3.63) is 64.7 Å². The van der Waals surface area contributed by atoms with E-state index in [1.54, 1.807) is 12.1 Å². The van der Waals surface area contributed by atoms with E-state index in [1.165, 1.54) is 24.7 Å². The Morgan fingerprint density at radius 2 is 1.19 bits per heavy atom. The molecule has 1 unspecified atom stereocenters. The van der Waals surface area contributed by atoms with Gasteiger partial charge in [-0.15, -0.1) is 24.8 Å². The third kappa shape index (κ3) is 4.39. The summed E-state index contributed by atoms with van der Waals surface area (Å²) < 4.78 is 120. The molecule has 1 atom stereocenters. The van der Waals surface area contributed by atoms with Crippen molar-refractivity contribution in [1.82, 2.24) is 0 Å². The molecule has 0 saturated carbocycles. The fraction of sp³-hybridized carbons (Fsp3) is 0.300. The number of hydrogen-bond donors (Lipinski definition) is 0. The molecule has 1 aliphatic carbocycles. The van der Waals surface area contributed by atoms with Crippen molar-refractivity contribution in [2.75, 3.05) is 0 Å². The molecule has 3 rings (SSSR count). The van der Waals surface area contributed by atoms with Crippen LogP contribution in [0, 0.1) is 0 Å². The summed E-state index contributed by atoms with van der Waals surface area (Å²) in [6, 6.07) is 7.41. The zero-order valence-corrected chi connectivity index (χ0v) is 20.0. The molecule has 0 heterocycles. The molecule has 0 aliphatic heterocycles. The van der Waals surface area contributed by atoms with Gasteiger partial charge in [-0.25, -0.2) is 0 Å². The first-order chi connectivity index (χ1) is 13.6. The van der Waals surface area contributed by atoms with Gasteiger partial charge >= 0.3 is 181 Å². The van der Waals surface area contributed by atoms with Gasteiger partial charge in [-0.3, -0.25) is 0 Å². The Bertz CT molecular complexity index is 954. The maximum Gasteiger partial charge on any atom is -0.147 e. The van der Waals surface area contributed by atoms with E-state index in [-0.39, 0.29) is 46.1 Å². The van der Waals surface area contributed by atoms with E-state index in [4.69, 9.17) is 0 Å². The van der Waals surface area contributed by atoms with Gasteiger partial charge in [-0.05, 0) is 0 Å². The first-order valence-electron chi connectivity index (χ1n) is 8.46. The van der Waals surface area contributed by atoms with Gasteiger partial charge in [0.2, 0.25) is 0 Å². The molecule has 0 fully saturated rings. The van der Waals surface area contributed by atoms with E-state index in [0.717, 1.165) is 28.8 Å². The molecule has 0 nitrogen and oxygen atoms in total. The summed E-state index contributed by atoms with van der Waals surface area (Å²) in [5, 5.41) is 0. The first kappa shape index (κ1) is 29.0. The third-order valence-electron chi connectivity index (χ3n) is 5.18. The van der Waals surface area contributed by atoms with E-state index < -0.39 is 29.5 Å². The van der Waals surface area contributed by atoms with Crippen molar-refractivity contribution in [2.24, 2.45) is 0 Å². The molecule has 32 heavy (non-hydrogen) atoms. The second-order valence-corrected chi connectivity index (χ2v) is 8.37. The summed E-state index contributed by atoms with van der Waals surface area (Å²) in [4.78, 5) is 0. The van der Waals surface area contributed by atoms with E-state index in [2.05, 4.69) is 0 Å². The average molecular weight is 587 g/mol. The SMILES string of the molecule is CC1=Cc2c(-c3ccc(C(C(F)(F)F)(C(F)(F)F)C(F)(F)F)cc3)cccc2[CH]1[Zr].Cl.Cl. The molecule has 2 aromatic carbocycles. The largest absolute Gasteiger partial charge is 0.147 e. The second kappa shape index (κ2) is 9.34. The summed E-state index contributed by atoms with van der Waals surface area (Å²) >= 11 is 1.21. The van der Waals surface area contributed by atoms with E-state index in [9.17, 15) is 39.5 Å². The molecule has 0 spiro atoms. The standard InChI is InChI=1S/C20H12F9.2ClH.Zr/c1-11-9-13-3-2-4-15(16(13)10-11)12-5-7-14(8-6-12)17(18(21,22)23,19(24,25)26)20(27,28)29;;;/h2-10H,1H3;2*1H;. The normalized spacial score (nSPS) is 16.5. The maximum absolute atomic E-state index is 13.3. The molecule has 175 valence electrons. The van der Waals surface area contributed by atoms with Crippen LogP contribution in [0.3, 0.4) is 0 Å². The van der Waals surface area contributed by atoms with Gasteiger partial charge in [-0.1, -0.05) is 0 Å². The fourth-order valence-electron chi connectivity index (χ4n) is 3.68. The second-order valence-electron chi connectivity index (χ2n) is 6.95. The van der Waals surface area contributed by atoms with Crippen LogP contribution in [0.25, 0.3) is 17.2 Å². The Hall–Kier alpha value is -0.987. The topological polar surface area (TPSA) is 0 Å². The van der Waals surface area contributed by atoms with Crippen molar-refractivity contribution >= 4 is 30.9 Å². The molecular formula is C20H14Cl2F9Zr. The van der Waals surface area contributed by atoms with Crippen LogP contribution in [-0.4, -0.2) is 18.5 Å². The fourth-order valence-corrected chi connectivity index (χ4v) is 4.50. The number of rotatable bonds is 2. The Balaban J connectivity index is 0.00000256. The van der Waals surface area contributed by atoms with Crippen LogP contribution in [0.1, 0.15) is 27.2 Å². The molecule has 0 aromatic heterocycles. The van der Waals surface area contributed by atoms with Gasteiger partial charge in [0.1, 0.15) is 0 Å². The van der Waals surface area contributed by atoms with Gasteiger partial charge in [0.05, 0.1) is 0 Å². The first-order valence-corrected chi connectivity index (χ1v) is 9.88. The quantitative estimate of drug-likeness (QED) is 0.312. The Morgan fingerprint density at radius 1 is 0.719 bits per heavy atom. The van der Waals surface area contributed by atoms with Crippen molar-refractivity contribution < 1.29 is 64.2 Å². The average Bonchev–Trinajstić information content (AvgIpc) is 2.87. The van der Waals surface area contributed by atoms with Crippen molar-refractivity contribution in [2.45, 2.75) is 34.5 Å². The third-order valence-corrected chi connectivity index (χ3v) is 7.07. The molecule has 12 heteroatoms. The molecule has 0 radical (unpaired) electrons. The monoisotopic (exact) mass is 585 g/mol. The molecule has 0 saturated heterocycles. The summed E-state index contributed by atoms with van der Waals surface area (Å²) in [5.41, 5.74) is -4.36. The van der Waals surface area contributed by atoms with E-state index in [1.807, 2.05) is 19.1 Å². The zero-order chi connectivity index (χ0) is 22.7. The molecule has 1 aliphatic rings. The number of halogens is 11. The minimum absolute atomic E-state index is 0. The predicted molar refractivity (Wildman–Crippen MR) is 103 cm³/mol. The molecule has 2 aromatic rings. The van der Waals surface area contributed by atoms with Crippen LogP contribution in [-0.2, 0) is 30.1 Å². The number of alkyl halides is 9. The smallest absolute Gasteiger partial charge is 0.147 e. The van der Waals surface area contributed by atoms with Crippen LogP contribution < -0.4 is 0 Å². The van der Waals surface area contributed by atoms with Gasteiger partial charge in [0.25, 0.3) is 0 Å². The van der Waals surface area contributed by atoms with Crippen molar-refractivity contribution in [1.29, 1.82) is 0 Å². The van der Waals surface area contributed by atoms with Crippen LogP contribution in [0.15, 0.2) is 48.0 Å². The maximum atomic E-state index is 13.3. The van der Waals surface area contributed by atoms with Crippen LogP contribution in [0.2, 0.25) is 0 Å². The van der Waals surface area contributed by atoms with Crippen LogP contribution in [0.5, 0.6) is 0 Å². The summed E-state index contributed by atoms with van der Waals surface area (Å²) in [5.74, 6) is 0. The molecular weight excluding hydrogens is 573 g/mol. The van der Waals surface area contributed by atoms with Gasteiger partial charge in [0.15, 0.2) is 0 Å². The van der Waals surface area contributed by atoms with E-state index >= 15 is 0 Å². The van der Waals surface area contributed by atoms with Crippen molar-refractivity contribution in [3.63, 3.8) is 0 Å². The summed E-state index contributed by atoms with van der Waals surface area (Å²) in [7, 11) is 0.